The van der Waals surface area contributed by atoms with Gasteiger partial charge >= 0.3 is 0 Å². The molecule has 0 fully saturated rings. The molecule has 0 aromatic heterocycles. The van der Waals surface area contributed by atoms with Crippen molar-refractivity contribution < 1.29 is 13.2 Å². The molecule has 164 valence electrons. The van der Waals surface area contributed by atoms with Crippen molar-refractivity contribution in [2.45, 2.75) is 29.1 Å². The summed E-state index contributed by atoms with van der Waals surface area (Å²) < 4.78 is 28.2. The summed E-state index contributed by atoms with van der Waals surface area (Å²) in [5.74, 6) is 0.863. The number of rotatable bonds is 3. The van der Waals surface area contributed by atoms with Crippen LogP contribution < -0.4 is 9.21 Å². The van der Waals surface area contributed by atoms with E-state index in [2.05, 4.69) is 0 Å². The fraction of sp³-hybridized carbons (Fsp3) is 0.240. The topological polar surface area (TPSA) is 57.7 Å². The zero-order chi connectivity index (χ0) is 22.1. The third kappa shape index (κ3) is 3.80. The van der Waals surface area contributed by atoms with Crippen molar-refractivity contribution in [3.8, 4) is 0 Å². The molecule has 1 amide bonds. The zero-order valence-corrected chi connectivity index (χ0v) is 19.2. The summed E-state index contributed by atoms with van der Waals surface area (Å²) in [6.07, 6.45) is 2.58. The van der Waals surface area contributed by atoms with Crippen LogP contribution >= 0.6 is 11.8 Å². The van der Waals surface area contributed by atoms with Crippen LogP contribution in [0.5, 0.6) is 0 Å². The van der Waals surface area contributed by atoms with E-state index >= 15 is 0 Å². The van der Waals surface area contributed by atoms with Crippen LogP contribution in [0.1, 0.15) is 28.8 Å². The van der Waals surface area contributed by atoms with Gasteiger partial charge in [0.05, 0.1) is 16.3 Å². The van der Waals surface area contributed by atoms with Crippen LogP contribution in [0.2, 0.25) is 0 Å². The van der Waals surface area contributed by atoms with Gasteiger partial charge in [-0.05, 0) is 73.0 Å². The Labute approximate surface area is 193 Å². The van der Waals surface area contributed by atoms with Crippen molar-refractivity contribution in [1.82, 2.24) is 0 Å². The van der Waals surface area contributed by atoms with Crippen LogP contribution in [0.3, 0.4) is 0 Å². The largest absolute Gasteiger partial charge is 0.307 e. The quantitative estimate of drug-likeness (QED) is 0.549. The van der Waals surface area contributed by atoms with Crippen LogP contribution in [0.15, 0.2) is 82.6 Å². The highest BCUT2D eigenvalue weighted by Crippen LogP contribution is 2.35. The lowest BCUT2D eigenvalue weighted by Gasteiger charge is -2.30. The molecule has 0 radical (unpaired) electrons. The molecule has 0 unspecified atom stereocenters. The summed E-state index contributed by atoms with van der Waals surface area (Å²) in [5, 5.41) is 0. The van der Waals surface area contributed by atoms with E-state index < -0.39 is 10.0 Å². The molecule has 0 N–H and O–H groups in total. The minimum Gasteiger partial charge on any atom is -0.307 e. The Balaban J connectivity index is 1.43. The van der Waals surface area contributed by atoms with Gasteiger partial charge in [-0.25, -0.2) is 8.42 Å². The van der Waals surface area contributed by atoms with Gasteiger partial charge in [0, 0.05) is 23.5 Å². The number of hydrogen-bond donors (Lipinski definition) is 0. The summed E-state index contributed by atoms with van der Waals surface area (Å²) in [5.41, 5.74) is 3.20. The maximum Gasteiger partial charge on any atom is 0.264 e. The molecule has 3 aromatic rings. The van der Waals surface area contributed by atoms with Crippen LogP contribution in [0.4, 0.5) is 11.4 Å². The minimum absolute atomic E-state index is 0.104. The highest BCUT2D eigenvalue weighted by molar-refractivity contribution is 7.99. The predicted molar refractivity (Wildman–Crippen MR) is 129 cm³/mol. The zero-order valence-electron chi connectivity index (χ0n) is 17.6. The third-order valence-corrected chi connectivity index (χ3v) is 8.92. The first-order chi connectivity index (χ1) is 15.6. The Hall–Kier alpha value is -2.77. The lowest BCUT2D eigenvalue weighted by molar-refractivity contribution is 0.0986. The SMILES string of the molecule is O=C(c1ccc(S(=O)(=O)N2CCCc3ccccc32)cc1)N1CCCSc2ccccc21. The van der Waals surface area contributed by atoms with Crippen LogP contribution in [-0.2, 0) is 16.4 Å². The van der Waals surface area contributed by atoms with Gasteiger partial charge in [-0.1, -0.05) is 30.3 Å². The lowest BCUT2D eigenvalue weighted by Crippen LogP contribution is -2.35. The van der Waals surface area contributed by atoms with Crippen molar-refractivity contribution in [2.24, 2.45) is 0 Å². The number of carbonyl (C=O) groups excluding carboxylic acids is 1. The minimum atomic E-state index is -3.69. The van der Waals surface area contributed by atoms with Gasteiger partial charge in [0.25, 0.3) is 15.9 Å². The van der Waals surface area contributed by atoms with Crippen LogP contribution in [0.25, 0.3) is 0 Å². The Morgan fingerprint density at radius 2 is 1.53 bits per heavy atom. The standard InChI is InChI=1S/C25H24N2O3S2/c28-25(26-16-6-18-31-24-11-4-3-10-23(24)26)20-12-14-21(15-13-20)32(29,30)27-17-5-8-19-7-1-2-9-22(19)27/h1-4,7,9-15H,5-6,8,16-18H2. The third-order valence-electron chi connectivity index (χ3n) is 5.94. The van der Waals surface area contributed by atoms with E-state index in [1.54, 1.807) is 40.9 Å². The second-order valence-corrected chi connectivity index (χ2v) is 11.0. The predicted octanol–water partition coefficient (Wildman–Crippen LogP) is 4.97. The number of hydrogen-bond acceptors (Lipinski definition) is 4. The summed E-state index contributed by atoms with van der Waals surface area (Å²) >= 11 is 1.76. The van der Waals surface area contributed by atoms with Gasteiger partial charge < -0.3 is 4.90 Å². The van der Waals surface area contributed by atoms with Crippen molar-refractivity contribution in [3.63, 3.8) is 0 Å². The number of para-hydroxylation sites is 2. The van der Waals surface area contributed by atoms with Crippen LogP contribution in [0, 0.1) is 0 Å². The maximum absolute atomic E-state index is 13.4. The summed E-state index contributed by atoms with van der Waals surface area (Å²) in [4.78, 5) is 16.4. The molecule has 0 aliphatic carbocycles. The van der Waals surface area contributed by atoms with E-state index in [4.69, 9.17) is 0 Å². The molecule has 32 heavy (non-hydrogen) atoms. The number of aryl methyl sites for hydroxylation is 1. The Kier molecular flexibility index (Phi) is 5.69. The molecule has 5 nitrogen and oxygen atoms in total. The van der Waals surface area contributed by atoms with Crippen molar-refractivity contribution in [3.05, 3.63) is 83.9 Å². The van der Waals surface area contributed by atoms with Gasteiger partial charge in [-0.15, -0.1) is 11.8 Å². The Morgan fingerprint density at radius 3 is 2.34 bits per heavy atom. The number of benzene rings is 3. The second kappa shape index (κ2) is 8.64. The molecule has 0 saturated carbocycles. The molecule has 0 bridgehead atoms. The molecule has 3 aromatic carbocycles. The normalized spacial score (nSPS) is 16.1. The molecule has 2 heterocycles. The molecule has 2 aliphatic heterocycles. The summed E-state index contributed by atoms with van der Waals surface area (Å²) in [7, 11) is -3.69. The number of anilines is 2. The van der Waals surface area contributed by atoms with Crippen molar-refractivity contribution >= 4 is 39.1 Å². The average molecular weight is 465 g/mol. The van der Waals surface area contributed by atoms with E-state index in [1.165, 1.54) is 4.31 Å². The molecule has 5 rings (SSSR count). The molecular formula is C25H24N2O3S2. The van der Waals surface area contributed by atoms with E-state index in [0.717, 1.165) is 46.8 Å². The van der Waals surface area contributed by atoms with Gasteiger partial charge in [0.1, 0.15) is 0 Å². The van der Waals surface area contributed by atoms with Crippen LogP contribution in [-0.4, -0.2) is 33.2 Å². The van der Waals surface area contributed by atoms with E-state index in [0.29, 0.717) is 18.7 Å². The van der Waals surface area contributed by atoms with E-state index in [9.17, 15) is 13.2 Å². The highest BCUT2D eigenvalue weighted by atomic mass is 32.2. The Morgan fingerprint density at radius 1 is 0.812 bits per heavy atom. The molecule has 0 atom stereocenters. The number of sulfonamides is 1. The first-order valence-electron chi connectivity index (χ1n) is 10.8. The first kappa shape index (κ1) is 21.1. The fourth-order valence-electron chi connectivity index (χ4n) is 4.34. The summed E-state index contributed by atoms with van der Waals surface area (Å²) in [6.45, 7) is 1.11. The number of carbonyl (C=O) groups is 1. The van der Waals surface area contributed by atoms with Gasteiger partial charge in [-0.2, -0.15) is 0 Å². The highest BCUT2D eigenvalue weighted by Gasteiger charge is 2.29. The van der Waals surface area contributed by atoms with Crippen molar-refractivity contribution in [1.29, 1.82) is 0 Å². The lowest BCUT2D eigenvalue weighted by atomic mass is 10.0. The molecule has 7 heteroatoms. The van der Waals surface area contributed by atoms with Gasteiger partial charge in [0.2, 0.25) is 0 Å². The van der Waals surface area contributed by atoms with Gasteiger partial charge in [0.15, 0.2) is 0 Å². The second-order valence-electron chi connectivity index (χ2n) is 7.96. The van der Waals surface area contributed by atoms with Gasteiger partial charge in [-0.3, -0.25) is 9.10 Å². The average Bonchev–Trinajstić information content (AvgIpc) is 3.06. The number of nitrogens with zero attached hydrogens (tertiary/aromatic N) is 2. The number of fused-ring (bicyclic) bond motifs is 2. The molecule has 2 aliphatic rings. The van der Waals surface area contributed by atoms with Crippen molar-refractivity contribution in [2.75, 3.05) is 28.0 Å². The molecular weight excluding hydrogens is 440 g/mol. The molecule has 0 saturated heterocycles. The maximum atomic E-state index is 13.4. The smallest absolute Gasteiger partial charge is 0.264 e. The fourth-order valence-corrected chi connectivity index (χ4v) is 6.87. The monoisotopic (exact) mass is 464 g/mol. The number of thioether (sulfide) groups is 1. The Bertz CT molecular complexity index is 1260. The summed E-state index contributed by atoms with van der Waals surface area (Å²) in [6, 6.07) is 22.0. The van der Waals surface area contributed by atoms with E-state index in [-0.39, 0.29) is 10.8 Å². The number of amides is 1. The van der Waals surface area contributed by atoms with E-state index in [1.807, 2.05) is 48.5 Å². The molecule has 0 spiro atoms. The first-order valence-corrected chi connectivity index (χ1v) is 13.2.